The molecule has 1 aliphatic rings. The summed E-state index contributed by atoms with van der Waals surface area (Å²) in [6.45, 7) is 3.50. The summed E-state index contributed by atoms with van der Waals surface area (Å²) < 4.78 is 37.9. The first kappa shape index (κ1) is 16.2. The van der Waals surface area contributed by atoms with Crippen molar-refractivity contribution in [1.82, 2.24) is 4.31 Å². The number of methoxy groups -OCH3 is 1. The molecular formula is C14H22N2O4S. The molecule has 0 amide bonds. The van der Waals surface area contributed by atoms with Crippen molar-refractivity contribution in [3.63, 3.8) is 0 Å². The first-order valence-corrected chi connectivity index (χ1v) is 8.45. The Morgan fingerprint density at radius 3 is 2.86 bits per heavy atom. The Kier molecular flexibility index (Phi) is 5.21. The third-order valence-electron chi connectivity index (χ3n) is 3.70. The van der Waals surface area contributed by atoms with E-state index in [1.807, 2.05) is 6.92 Å². The van der Waals surface area contributed by atoms with Gasteiger partial charge in [-0.15, -0.1) is 0 Å². The van der Waals surface area contributed by atoms with Gasteiger partial charge in [-0.3, -0.25) is 0 Å². The van der Waals surface area contributed by atoms with E-state index in [1.54, 1.807) is 18.2 Å². The molecule has 21 heavy (non-hydrogen) atoms. The molecule has 0 saturated carbocycles. The van der Waals surface area contributed by atoms with Crippen molar-refractivity contribution in [1.29, 1.82) is 0 Å². The van der Waals surface area contributed by atoms with Gasteiger partial charge >= 0.3 is 0 Å². The van der Waals surface area contributed by atoms with Gasteiger partial charge in [0.2, 0.25) is 10.0 Å². The highest BCUT2D eigenvalue weighted by molar-refractivity contribution is 7.89. The molecule has 0 radical (unpaired) electrons. The number of ether oxygens (including phenoxy) is 2. The van der Waals surface area contributed by atoms with Crippen molar-refractivity contribution in [2.75, 3.05) is 26.9 Å². The predicted octanol–water partition coefficient (Wildman–Crippen LogP) is 0.953. The van der Waals surface area contributed by atoms with Gasteiger partial charge in [0.05, 0.1) is 20.3 Å². The highest BCUT2D eigenvalue weighted by Crippen LogP contribution is 2.30. The molecule has 1 unspecified atom stereocenters. The summed E-state index contributed by atoms with van der Waals surface area (Å²) in [6, 6.07) is 4.83. The number of nitrogens with zero attached hydrogens (tertiary/aromatic N) is 1. The Balaban J connectivity index is 2.43. The molecule has 7 heteroatoms. The molecule has 1 aliphatic heterocycles. The number of morpholine rings is 1. The normalized spacial score (nSPS) is 20.4. The highest BCUT2D eigenvalue weighted by atomic mass is 32.2. The van der Waals surface area contributed by atoms with Gasteiger partial charge in [0, 0.05) is 19.1 Å². The van der Waals surface area contributed by atoms with Gasteiger partial charge in [0.15, 0.2) is 0 Å². The number of sulfonamides is 1. The predicted molar refractivity (Wildman–Crippen MR) is 79.7 cm³/mol. The van der Waals surface area contributed by atoms with Crippen LogP contribution in [0.15, 0.2) is 23.1 Å². The molecule has 0 bridgehead atoms. The lowest BCUT2D eigenvalue weighted by molar-refractivity contribution is 0.0313. The average Bonchev–Trinajstić information content (AvgIpc) is 2.53. The van der Waals surface area contributed by atoms with Crippen LogP contribution < -0.4 is 10.5 Å². The molecule has 1 aromatic rings. The van der Waals surface area contributed by atoms with Crippen molar-refractivity contribution >= 4 is 10.0 Å². The maximum atomic E-state index is 12.9. The Labute approximate surface area is 125 Å². The zero-order chi connectivity index (χ0) is 15.5. The minimum atomic E-state index is -3.60. The number of rotatable bonds is 5. The molecular weight excluding hydrogens is 292 g/mol. The van der Waals surface area contributed by atoms with Crippen LogP contribution in [0.5, 0.6) is 5.75 Å². The fourth-order valence-corrected chi connectivity index (χ4v) is 4.26. The molecule has 0 aromatic heterocycles. The minimum Gasteiger partial charge on any atom is -0.495 e. The van der Waals surface area contributed by atoms with Crippen LogP contribution in [0.25, 0.3) is 0 Å². The molecule has 1 saturated heterocycles. The second kappa shape index (κ2) is 6.74. The van der Waals surface area contributed by atoms with Crippen LogP contribution in [-0.4, -0.2) is 45.6 Å². The molecule has 0 aliphatic carbocycles. The first-order chi connectivity index (χ1) is 10.0. The maximum Gasteiger partial charge on any atom is 0.247 e. The topological polar surface area (TPSA) is 81.9 Å². The Morgan fingerprint density at radius 2 is 2.24 bits per heavy atom. The van der Waals surface area contributed by atoms with Gasteiger partial charge in [0.1, 0.15) is 10.6 Å². The molecule has 1 atom stereocenters. The monoisotopic (exact) mass is 314 g/mol. The highest BCUT2D eigenvalue weighted by Gasteiger charge is 2.34. The second-order valence-electron chi connectivity index (χ2n) is 4.94. The zero-order valence-corrected chi connectivity index (χ0v) is 13.2. The van der Waals surface area contributed by atoms with Gasteiger partial charge in [-0.2, -0.15) is 4.31 Å². The minimum absolute atomic E-state index is 0.136. The van der Waals surface area contributed by atoms with Crippen molar-refractivity contribution in [3.8, 4) is 5.75 Å². The van der Waals surface area contributed by atoms with E-state index in [4.69, 9.17) is 15.2 Å². The van der Waals surface area contributed by atoms with E-state index in [1.165, 1.54) is 11.4 Å². The lowest BCUT2D eigenvalue weighted by Gasteiger charge is -2.34. The summed E-state index contributed by atoms with van der Waals surface area (Å²) in [6.07, 6.45) is 0.711. The summed E-state index contributed by atoms with van der Waals surface area (Å²) in [5.41, 5.74) is 6.42. The Hall–Kier alpha value is -1.15. The van der Waals surface area contributed by atoms with Crippen molar-refractivity contribution in [2.45, 2.75) is 30.8 Å². The van der Waals surface area contributed by atoms with Gasteiger partial charge in [-0.05, 0) is 24.1 Å². The molecule has 1 fully saturated rings. The molecule has 2 N–H and O–H groups in total. The molecule has 118 valence electrons. The smallest absolute Gasteiger partial charge is 0.247 e. The number of nitrogens with two attached hydrogens (primary N) is 1. The summed E-state index contributed by atoms with van der Waals surface area (Å²) in [5.74, 6) is 0.333. The third-order valence-corrected chi connectivity index (χ3v) is 5.69. The maximum absolute atomic E-state index is 12.9. The number of benzene rings is 1. The fourth-order valence-electron chi connectivity index (χ4n) is 2.46. The van der Waals surface area contributed by atoms with Crippen LogP contribution in [-0.2, 0) is 21.3 Å². The lowest BCUT2D eigenvalue weighted by Crippen LogP contribution is -2.48. The van der Waals surface area contributed by atoms with Gasteiger partial charge in [0.25, 0.3) is 0 Å². The fraction of sp³-hybridized carbons (Fsp3) is 0.571. The number of hydrogen-bond donors (Lipinski definition) is 1. The molecule has 1 aromatic carbocycles. The van der Waals surface area contributed by atoms with Crippen molar-refractivity contribution in [3.05, 3.63) is 23.8 Å². The zero-order valence-electron chi connectivity index (χ0n) is 12.4. The van der Waals surface area contributed by atoms with Gasteiger partial charge in [-0.25, -0.2) is 8.42 Å². The Bertz CT molecular complexity index is 589. The first-order valence-electron chi connectivity index (χ1n) is 7.01. The lowest BCUT2D eigenvalue weighted by atomic mass is 10.2. The second-order valence-corrected chi connectivity index (χ2v) is 6.80. The van der Waals surface area contributed by atoms with Crippen LogP contribution in [0.2, 0.25) is 0 Å². The molecule has 0 spiro atoms. The van der Waals surface area contributed by atoms with E-state index >= 15 is 0 Å². The Morgan fingerprint density at radius 1 is 1.48 bits per heavy atom. The van der Waals surface area contributed by atoms with Crippen molar-refractivity contribution in [2.24, 2.45) is 5.73 Å². The van der Waals surface area contributed by atoms with E-state index < -0.39 is 10.0 Å². The van der Waals surface area contributed by atoms with Crippen LogP contribution in [0.3, 0.4) is 0 Å². The summed E-state index contributed by atoms with van der Waals surface area (Å²) in [5, 5.41) is 0. The molecule has 6 nitrogen and oxygen atoms in total. The summed E-state index contributed by atoms with van der Waals surface area (Å²) in [7, 11) is -2.14. The molecule has 2 rings (SSSR count). The average molecular weight is 314 g/mol. The SMILES string of the molecule is CCC1COCCN1S(=O)(=O)c1ccc(CN)cc1OC. The van der Waals surface area contributed by atoms with Gasteiger partial charge < -0.3 is 15.2 Å². The number of hydrogen-bond acceptors (Lipinski definition) is 5. The summed E-state index contributed by atoms with van der Waals surface area (Å²) >= 11 is 0. The quantitative estimate of drug-likeness (QED) is 0.875. The van der Waals surface area contributed by atoms with E-state index in [0.29, 0.717) is 38.5 Å². The van der Waals surface area contributed by atoms with E-state index in [0.717, 1.165) is 5.56 Å². The van der Waals surface area contributed by atoms with E-state index in [-0.39, 0.29) is 10.9 Å². The van der Waals surface area contributed by atoms with Gasteiger partial charge in [-0.1, -0.05) is 13.0 Å². The van der Waals surface area contributed by atoms with Crippen LogP contribution in [0.4, 0.5) is 0 Å². The van der Waals surface area contributed by atoms with E-state index in [2.05, 4.69) is 0 Å². The standard InChI is InChI=1S/C14H22N2O4S/c1-3-12-10-20-7-6-16(12)21(17,18)14-5-4-11(9-15)8-13(14)19-2/h4-5,8,12H,3,6-7,9-10,15H2,1-2H3. The largest absolute Gasteiger partial charge is 0.495 e. The van der Waals surface area contributed by atoms with Crippen molar-refractivity contribution < 1.29 is 17.9 Å². The molecule has 1 heterocycles. The third kappa shape index (κ3) is 3.21. The van der Waals surface area contributed by atoms with Crippen LogP contribution in [0, 0.1) is 0 Å². The van der Waals surface area contributed by atoms with Crippen LogP contribution in [0.1, 0.15) is 18.9 Å². The van der Waals surface area contributed by atoms with E-state index in [9.17, 15) is 8.42 Å². The van der Waals surface area contributed by atoms with Crippen LogP contribution >= 0.6 is 0 Å². The summed E-state index contributed by atoms with van der Waals surface area (Å²) in [4.78, 5) is 0.183.